The molecule has 1 aliphatic heterocycles. The Morgan fingerprint density at radius 2 is 1.89 bits per heavy atom. The van der Waals surface area contributed by atoms with Gasteiger partial charge < -0.3 is 37.8 Å². The van der Waals surface area contributed by atoms with Gasteiger partial charge in [0.2, 0.25) is 5.91 Å². The molecule has 1 saturated heterocycles. The molecule has 2 rings (SSSR count). The second-order valence-electron chi connectivity index (χ2n) is 9.87. The van der Waals surface area contributed by atoms with Crippen molar-refractivity contribution in [2.45, 2.75) is 57.5 Å². The number of nitrogens with zero attached hydrogens (tertiary/aromatic N) is 1. The van der Waals surface area contributed by atoms with Crippen LogP contribution in [0.3, 0.4) is 0 Å². The van der Waals surface area contributed by atoms with Crippen molar-refractivity contribution < 1.29 is 14.7 Å². The van der Waals surface area contributed by atoms with Crippen molar-refractivity contribution in [1.82, 2.24) is 15.5 Å². The van der Waals surface area contributed by atoms with E-state index in [0.29, 0.717) is 31.8 Å². The number of likely N-dealkylation sites (tertiary alicyclic amines) is 1. The predicted molar refractivity (Wildman–Crippen MR) is 148 cm³/mol. The topological polar surface area (TPSA) is 160 Å². The van der Waals surface area contributed by atoms with Gasteiger partial charge >= 0.3 is 5.97 Å². The fourth-order valence-electron chi connectivity index (χ4n) is 5.02. The van der Waals surface area contributed by atoms with Crippen LogP contribution in [0.4, 0.5) is 0 Å². The van der Waals surface area contributed by atoms with Crippen LogP contribution in [0.5, 0.6) is 0 Å². The largest absolute Gasteiger partial charge is 0.480 e. The monoisotopic (exact) mass is 514 g/mol. The van der Waals surface area contributed by atoms with Crippen molar-refractivity contribution in [1.29, 1.82) is 0 Å². The van der Waals surface area contributed by atoms with Gasteiger partial charge in [0, 0.05) is 36.9 Å². The molecule has 0 radical (unpaired) electrons. The highest BCUT2D eigenvalue weighted by molar-refractivity contribution is 5.78. The third kappa shape index (κ3) is 10.2. The number of nitrogens with two attached hydrogens (primary N) is 3. The van der Waals surface area contributed by atoms with Crippen LogP contribution in [0, 0.1) is 11.8 Å². The van der Waals surface area contributed by atoms with Crippen LogP contribution >= 0.6 is 0 Å². The van der Waals surface area contributed by atoms with Gasteiger partial charge in [-0.25, -0.2) is 0 Å². The van der Waals surface area contributed by atoms with E-state index in [1.54, 1.807) is 0 Å². The van der Waals surface area contributed by atoms with Gasteiger partial charge in [-0.15, -0.1) is 0 Å². The number of rotatable bonds is 16. The van der Waals surface area contributed by atoms with Crippen molar-refractivity contribution in [3.05, 3.63) is 59.9 Å². The molecule has 1 fully saturated rings. The molecule has 3 unspecified atom stereocenters. The standard InChI is InChI=1S/C28H46N6O3/c1-3-26(34-14-11-22(12-15-34)16-24(31)28(36)37)23(10-7-13-29)19-32-20(2)25(33-27(35)18-30)17-21-8-5-4-6-9-21/h3-6,8-9,22-25,32H,2,7,10-19,29-31H2,1H3,(H,33,35)(H,36,37). The zero-order valence-corrected chi connectivity index (χ0v) is 22.2. The van der Waals surface area contributed by atoms with Crippen molar-refractivity contribution in [2.24, 2.45) is 29.0 Å². The number of carbonyl (C=O) groups excluding carboxylic acids is 1. The first-order chi connectivity index (χ1) is 17.8. The number of carboxylic acid groups (broad SMARTS) is 1. The molecule has 0 spiro atoms. The van der Waals surface area contributed by atoms with E-state index in [-0.39, 0.29) is 24.4 Å². The summed E-state index contributed by atoms with van der Waals surface area (Å²) in [4.78, 5) is 25.7. The number of carboxylic acids is 1. The molecule has 9 heteroatoms. The highest BCUT2D eigenvalue weighted by Gasteiger charge is 2.27. The molecule has 1 aromatic carbocycles. The Balaban J connectivity index is 2.04. The number of piperidine rings is 1. The number of amides is 1. The third-order valence-electron chi connectivity index (χ3n) is 7.15. The number of benzene rings is 1. The van der Waals surface area contributed by atoms with Crippen molar-refractivity contribution >= 4 is 11.9 Å². The summed E-state index contributed by atoms with van der Waals surface area (Å²) in [5, 5.41) is 15.6. The van der Waals surface area contributed by atoms with E-state index in [0.717, 1.165) is 50.0 Å². The summed E-state index contributed by atoms with van der Waals surface area (Å²) in [5.41, 5.74) is 20.3. The quantitative estimate of drug-likeness (QED) is 0.194. The molecule has 0 aliphatic carbocycles. The van der Waals surface area contributed by atoms with Crippen LogP contribution in [0.25, 0.3) is 0 Å². The normalized spacial score (nSPS) is 17.1. The van der Waals surface area contributed by atoms with E-state index in [1.807, 2.05) is 30.3 Å². The third-order valence-corrected chi connectivity index (χ3v) is 7.15. The average Bonchev–Trinajstić information content (AvgIpc) is 2.90. The summed E-state index contributed by atoms with van der Waals surface area (Å²) in [6, 6.07) is 8.91. The Hall–Kier alpha value is -2.88. The van der Waals surface area contributed by atoms with E-state index in [4.69, 9.17) is 22.3 Å². The number of hydrogen-bond donors (Lipinski definition) is 6. The number of hydrogen-bond acceptors (Lipinski definition) is 7. The van der Waals surface area contributed by atoms with Crippen molar-refractivity contribution in [3.63, 3.8) is 0 Å². The Morgan fingerprint density at radius 3 is 2.46 bits per heavy atom. The summed E-state index contributed by atoms with van der Waals surface area (Å²) >= 11 is 0. The summed E-state index contributed by atoms with van der Waals surface area (Å²) in [7, 11) is 0. The maximum absolute atomic E-state index is 12.1. The van der Waals surface area contributed by atoms with Crippen molar-refractivity contribution in [2.75, 3.05) is 32.7 Å². The van der Waals surface area contributed by atoms with Gasteiger partial charge in [-0.1, -0.05) is 43.0 Å². The molecule has 0 aromatic heterocycles. The molecular weight excluding hydrogens is 468 g/mol. The average molecular weight is 515 g/mol. The van der Waals surface area contributed by atoms with Crippen molar-refractivity contribution in [3.8, 4) is 0 Å². The summed E-state index contributed by atoms with van der Waals surface area (Å²) in [6.07, 6.45) is 6.99. The lowest BCUT2D eigenvalue weighted by Crippen LogP contribution is -2.45. The Bertz CT molecular complexity index is 883. The van der Waals surface area contributed by atoms with Crippen LogP contribution in [-0.4, -0.2) is 66.7 Å². The second kappa shape index (κ2) is 16.1. The van der Waals surface area contributed by atoms with Crippen LogP contribution in [0.15, 0.2) is 54.4 Å². The minimum absolute atomic E-state index is 0.0757. The lowest BCUT2D eigenvalue weighted by molar-refractivity contribution is -0.139. The highest BCUT2D eigenvalue weighted by Crippen LogP contribution is 2.28. The zero-order valence-electron chi connectivity index (χ0n) is 22.2. The smallest absolute Gasteiger partial charge is 0.320 e. The van der Waals surface area contributed by atoms with E-state index in [1.165, 1.54) is 5.70 Å². The van der Waals surface area contributed by atoms with Gasteiger partial charge in [0.1, 0.15) is 6.04 Å². The molecule has 3 atom stereocenters. The summed E-state index contributed by atoms with van der Waals surface area (Å²) < 4.78 is 0. The maximum Gasteiger partial charge on any atom is 0.320 e. The molecule has 9 nitrogen and oxygen atoms in total. The molecule has 37 heavy (non-hydrogen) atoms. The summed E-state index contributed by atoms with van der Waals surface area (Å²) in [5.74, 6) is -0.599. The number of nitrogens with one attached hydrogen (secondary N) is 2. The Morgan fingerprint density at radius 1 is 1.22 bits per heavy atom. The van der Waals surface area contributed by atoms with E-state index >= 15 is 0 Å². The van der Waals surface area contributed by atoms with Gasteiger partial charge in [0.05, 0.1) is 12.6 Å². The fourth-order valence-corrected chi connectivity index (χ4v) is 5.02. The number of carbonyl (C=O) groups is 2. The number of aliphatic carboxylic acids is 1. The molecule has 206 valence electrons. The lowest BCUT2D eigenvalue weighted by Gasteiger charge is -2.39. The molecular formula is C28H46N6O3. The van der Waals surface area contributed by atoms with Gasteiger partial charge in [-0.2, -0.15) is 0 Å². The molecule has 1 aliphatic rings. The first-order valence-electron chi connectivity index (χ1n) is 13.3. The Kier molecular flexibility index (Phi) is 13.2. The fraction of sp³-hybridized carbons (Fsp3) is 0.571. The molecule has 0 bridgehead atoms. The predicted octanol–water partition coefficient (Wildman–Crippen LogP) is 1.55. The van der Waals surface area contributed by atoms with Gasteiger partial charge in [0.15, 0.2) is 0 Å². The van der Waals surface area contributed by atoms with E-state index in [2.05, 4.69) is 35.1 Å². The Labute approximate surface area is 221 Å². The maximum atomic E-state index is 12.1. The first kappa shape index (κ1) is 30.3. The minimum Gasteiger partial charge on any atom is -0.480 e. The molecule has 9 N–H and O–H groups in total. The summed E-state index contributed by atoms with van der Waals surface area (Å²) in [6.45, 7) is 9.28. The lowest BCUT2D eigenvalue weighted by atomic mass is 9.88. The molecule has 1 aromatic rings. The first-order valence-corrected chi connectivity index (χ1v) is 13.3. The second-order valence-corrected chi connectivity index (χ2v) is 9.87. The van der Waals surface area contributed by atoms with E-state index < -0.39 is 12.0 Å². The van der Waals surface area contributed by atoms with E-state index in [9.17, 15) is 9.59 Å². The van der Waals surface area contributed by atoms with Gasteiger partial charge in [0.25, 0.3) is 0 Å². The highest BCUT2D eigenvalue weighted by atomic mass is 16.4. The van der Waals surface area contributed by atoms with Crippen LogP contribution < -0.4 is 27.8 Å². The van der Waals surface area contributed by atoms with Gasteiger partial charge in [-0.05, 0) is 63.5 Å². The van der Waals surface area contributed by atoms with Crippen LogP contribution in [-0.2, 0) is 16.0 Å². The van der Waals surface area contributed by atoms with Crippen LogP contribution in [0.1, 0.15) is 44.6 Å². The SMILES string of the molecule is C=C(NCC(CCCN)C(=CC)N1CCC(CC(N)C(=O)O)CC1)C(Cc1ccccc1)NC(=O)CN. The molecule has 1 heterocycles. The van der Waals surface area contributed by atoms with Crippen LogP contribution in [0.2, 0.25) is 0 Å². The van der Waals surface area contributed by atoms with Gasteiger partial charge in [-0.3, -0.25) is 9.59 Å². The minimum atomic E-state index is -0.932. The molecule has 1 amide bonds. The zero-order chi connectivity index (χ0) is 27.2. The number of allylic oxidation sites excluding steroid dienone is 1. The molecule has 0 saturated carbocycles.